The van der Waals surface area contributed by atoms with Gasteiger partial charge < -0.3 is 4.90 Å². The standard InChI is InChI=1S/C17H20N2OS/c20-17(15-12-21-16-6-2-1-5-14(15)16)19-10-7-13(11-19)18-8-3-4-9-18/h1-2,5-6,12-13H,3-4,7-11H2. The molecule has 0 spiro atoms. The molecule has 21 heavy (non-hydrogen) atoms. The van der Waals surface area contributed by atoms with E-state index in [1.807, 2.05) is 17.5 Å². The molecular weight excluding hydrogens is 280 g/mol. The fourth-order valence-electron chi connectivity index (χ4n) is 3.64. The number of nitrogens with zero attached hydrogens (tertiary/aromatic N) is 2. The van der Waals surface area contributed by atoms with Gasteiger partial charge in [0.25, 0.3) is 5.91 Å². The van der Waals surface area contributed by atoms with Gasteiger partial charge in [-0.15, -0.1) is 11.3 Å². The predicted octanol–water partition coefficient (Wildman–Crippen LogP) is 3.21. The lowest BCUT2D eigenvalue weighted by atomic mass is 10.1. The van der Waals surface area contributed by atoms with E-state index in [-0.39, 0.29) is 5.91 Å². The molecule has 0 radical (unpaired) electrons. The third-order valence-electron chi connectivity index (χ3n) is 4.82. The van der Waals surface area contributed by atoms with Crippen LogP contribution in [0, 0.1) is 0 Å². The molecule has 4 heteroatoms. The Morgan fingerprint density at radius 2 is 1.95 bits per heavy atom. The maximum absolute atomic E-state index is 12.8. The molecule has 2 aliphatic heterocycles. The van der Waals surface area contributed by atoms with E-state index >= 15 is 0 Å². The minimum absolute atomic E-state index is 0.217. The number of carbonyl (C=O) groups excluding carboxylic acids is 1. The van der Waals surface area contributed by atoms with E-state index in [0.717, 1.165) is 30.5 Å². The first-order valence-corrected chi connectivity index (χ1v) is 8.70. The Morgan fingerprint density at radius 3 is 2.81 bits per heavy atom. The molecule has 3 heterocycles. The van der Waals surface area contributed by atoms with Crippen LogP contribution in [0.25, 0.3) is 10.1 Å². The summed E-state index contributed by atoms with van der Waals surface area (Å²) in [7, 11) is 0. The van der Waals surface area contributed by atoms with Gasteiger partial charge in [0.2, 0.25) is 0 Å². The lowest BCUT2D eigenvalue weighted by Gasteiger charge is -2.23. The van der Waals surface area contributed by atoms with Gasteiger partial charge in [-0.3, -0.25) is 9.69 Å². The van der Waals surface area contributed by atoms with Crippen molar-refractivity contribution in [2.75, 3.05) is 26.2 Å². The fourth-order valence-corrected chi connectivity index (χ4v) is 4.58. The summed E-state index contributed by atoms with van der Waals surface area (Å²) in [6.45, 7) is 4.25. The molecule has 0 N–H and O–H groups in total. The van der Waals surface area contributed by atoms with E-state index in [0.29, 0.717) is 6.04 Å². The molecule has 1 amide bonds. The average molecular weight is 300 g/mol. The summed E-state index contributed by atoms with van der Waals surface area (Å²) in [5, 5.41) is 3.13. The normalized spacial score (nSPS) is 23.2. The molecule has 4 rings (SSSR count). The van der Waals surface area contributed by atoms with Gasteiger partial charge in [0.15, 0.2) is 0 Å². The first kappa shape index (κ1) is 13.3. The van der Waals surface area contributed by atoms with Crippen molar-refractivity contribution >= 4 is 27.3 Å². The first-order chi connectivity index (χ1) is 10.3. The summed E-state index contributed by atoms with van der Waals surface area (Å²) < 4.78 is 1.20. The van der Waals surface area contributed by atoms with Crippen molar-refractivity contribution in [3.63, 3.8) is 0 Å². The zero-order chi connectivity index (χ0) is 14.2. The topological polar surface area (TPSA) is 23.6 Å². The summed E-state index contributed by atoms with van der Waals surface area (Å²) in [4.78, 5) is 17.4. The van der Waals surface area contributed by atoms with Gasteiger partial charge in [0, 0.05) is 34.6 Å². The maximum Gasteiger partial charge on any atom is 0.255 e. The van der Waals surface area contributed by atoms with Gasteiger partial charge in [-0.2, -0.15) is 0 Å². The quantitative estimate of drug-likeness (QED) is 0.850. The van der Waals surface area contributed by atoms with Crippen LogP contribution in [0.5, 0.6) is 0 Å². The highest BCUT2D eigenvalue weighted by Gasteiger charge is 2.32. The predicted molar refractivity (Wildman–Crippen MR) is 86.9 cm³/mol. The smallest absolute Gasteiger partial charge is 0.255 e. The number of rotatable bonds is 2. The molecular formula is C17H20N2OS. The number of hydrogen-bond acceptors (Lipinski definition) is 3. The van der Waals surface area contributed by atoms with Crippen molar-refractivity contribution in [3.05, 3.63) is 35.2 Å². The maximum atomic E-state index is 12.8. The highest BCUT2D eigenvalue weighted by Crippen LogP contribution is 2.28. The molecule has 1 aromatic heterocycles. The van der Waals surface area contributed by atoms with Crippen LogP contribution in [0.15, 0.2) is 29.6 Å². The van der Waals surface area contributed by atoms with E-state index in [2.05, 4.69) is 21.9 Å². The summed E-state index contributed by atoms with van der Waals surface area (Å²) in [5.41, 5.74) is 0.887. The number of fused-ring (bicyclic) bond motifs is 1. The highest BCUT2D eigenvalue weighted by molar-refractivity contribution is 7.17. The summed E-state index contributed by atoms with van der Waals surface area (Å²) >= 11 is 1.67. The molecule has 2 aliphatic rings. The number of likely N-dealkylation sites (tertiary alicyclic amines) is 2. The molecule has 1 atom stereocenters. The molecule has 1 unspecified atom stereocenters. The number of benzene rings is 1. The summed E-state index contributed by atoms with van der Waals surface area (Å²) in [5.74, 6) is 0.217. The number of thiophene rings is 1. The van der Waals surface area contributed by atoms with Crippen molar-refractivity contribution in [1.82, 2.24) is 9.80 Å². The molecule has 3 nitrogen and oxygen atoms in total. The highest BCUT2D eigenvalue weighted by atomic mass is 32.1. The van der Waals surface area contributed by atoms with Crippen LogP contribution in [0.2, 0.25) is 0 Å². The summed E-state index contributed by atoms with van der Waals surface area (Å²) in [6.07, 6.45) is 3.77. The first-order valence-electron chi connectivity index (χ1n) is 7.82. The molecule has 0 aliphatic carbocycles. The minimum atomic E-state index is 0.217. The Kier molecular flexibility index (Phi) is 3.43. The van der Waals surface area contributed by atoms with Crippen molar-refractivity contribution < 1.29 is 4.79 Å². The molecule has 110 valence electrons. The second-order valence-corrected chi connectivity index (χ2v) is 6.99. The van der Waals surface area contributed by atoms with Crippen LogP contribution in [0.3, 0.4) is 0 Å². The van der Waals surface area contributed by atoms with Crippen LogP contribution in [0.1, 0.15) is 29.6 Å². The van der Waals surface area contributed by atoms with Crippen molar-refractivity contribution in [1.29, 1.82) is 0 Å². The fraction of sp³-hybridized carbons (Fsp3) is 0.471. The molecule has 2 aromatic rings. The van der Waals surface area contributed by atoms with Gasteiger partial charge in [0.05, 0.1) is 5.56 Å². The third-order valence-corrected chi connectivity index (χ3v) is 5.78. The average Bonchev–Trinajstić information content (AvgIpc) is 3.25. The lowest BCUT2D eigenvalue weighted by molar-refractivity contribution is 0.0782. The molecule has 0 saturated carbocycles. The molecule has 1 aromatic carbocycles. The van der Waals surface area contributed by atoms with Crippen LogP contribution in [0.4, 0.5) is 0 Å². The molecule has 2 fully saturated rings. The lowest BCUT2D eigenvalue weighted by Crippen LogP contribution is -2.37. The zero-order valence-corrected chi connectivity index (χ0v) is 12.9. The number of hydrogen-bond donors (Lipinski definition) is 0. The number of carbonyl (C=O) groups is 1. The Hall–Kier alpha value is -1.39. The van der Waals surface area contributed by atoms with E-state index in [1.54, 1.807) is 11.3 Å². The monoisotopic (exact) mass is 300 g/mol. The Labute approximate surface area is 129 Å². The van der Waals surface area contributed by atoms with Crippen LogP contribution < -0.4 is 0 Å². The van der Waals surface area contributed by atoms with Crippen LogP contribution in [-0.2, 0) is 0 Å². The van der Waals surface area contributed by atoms with Crippen molar-refractivity contribution in [3.8, 4) is 0 Å². The zero-order valence-electron chi connectivity index (χ0n) is 12.1. The van der Waals surface area contributed by atoms with Crippen molar-refractivity contribution in [2.45, 2.75) is 25.3 Å². The van der Waals surface area contributed by atoms with Crippen molar-refractivity contribution in [2.24, 2.45) is 0 Å². The Morgan fingerprint density at radius 1 is 1.14 bits per heavy atom. The largest absolute Gasteiger partial charge is 0.337 e. The molecule has 0 bridgehead atoms. The van der Waals surface area contributed by atoms with E-state index in [9.17, 15) is 4.79 Å². The molecule has 2 saturated heterocycles. The third kappa shape index (κ3) is 2.36. The Bertz CT molecular complexity index is 660. The minimum Gasteiger partial charge on any atom is -0.337 e. The SMILES string of the molecule is O=C(c1csc2ccccc12)N1CCC(N2CCCC2)C1. The van der Waals surface area contributed by atoms with Gasteiger partial charge >= 0.3 is 0 Å². The van der Waals surface area contributed by atoms with E-state index in [4.69, 9.17) is 0 Å². The van der Waals surface area contributed by atoms with Crippen LogP contribution in [-0.4, -0.2) is 47.9 Å². The van der Waals surface area contributed by atoms with Crippen LogP contribution >= 0.6 is 11.3 Å². The van der Waals surface area contributed by atoms with Gasteiger partial charge in [-0.05, 0) is 38.4 Å². The van der Waals surface area contributed by atoms with Gasteiger partial charge in [-0.25, -0.2) is 0 Å². The Balaban J connectivity index is 1.53. The summed E-state index contributed by atoms with van der Waals surface area (Å²) in [6, 6.07) is 8.79. The second kappa shape index (κ2) is 5.43. The van der Waals surface area contributed by atoms with Gasteiger partial charge in [0.1, 0.15) is 0 Å². The van der Waals surface area contributed by atoms with Gasteiger partial charge in [-0.1, -0.05) is 18.2 Å². The number of amides is 1. The second-order valence-electron chi connectivity index (χ2n) is 6.08. The van der Waals surface area contributed by atoms with E-state index < -0.39 is 0 Å². The van der Waals surface area contributed by atoms with E-state index in [1.165, 1.54) is 30.6 Å².